The van der Waals surface area contributed by atoms with Crippen LogP contribution in [0.1, 0.15) is 20.7 Å². The van der Waals surface area contributed by atoms with E-state index in [-0.39, 0.29) is 11.1 Å². The number of carboxylic acids is 2. The van der Waals surface area contributed by atoms with Crippen molar-refractivity contribution in [1.29, 1.82) is 0 Å². The summed E-state index contributed by atoms with van der Waals surface area (Å²) in [5, 5.41) is 20.6. The normalized spacial score (nSPS) is 9.08. The molecule has 0 atom stereocenters. The van der Waals surface area contributed by atoms with Crippen LogP contribution in [0.5, 0.6) is 0 Å². The van der Waals surface area contributed by atoms with E-state index >= 15 is 0 Å². The molecule has 0 N–H and O–H groups in total. The first-order valence-corrected chi connectivity index (χ1v) is 13.2. The van der Waals surface area contributed by atoms with Crippen LogP contribution in [-0.2, 0) is 52.2 Å². The first-order valence-electron chi connectivity index (χ1n) is 7.67. The van der Waals surface area contributed by atoms with Crippen molar-refractivity contribution >= 4 is 18.1 Å². The number of carboxylic acid groups (broad SMARTS) is 2. The zero-order valence-corrected chi connectivity index (χ0v) is 25.1. The Hall–Kier alpha value is -1.53. The third-order valence-corrected chi connectivity index (χ3v) is 6.72. The number of aromatic carboxylic acids is 2. The molecule has 0 unspecified atom stereocenters. The second kappa shape index (κ2) is 12.8. The van der Waals surface area contributed by atoms with Gasteiger partial charge in [-0.25, -0.2) is 0 Å². The van der Waals surface area contributed by atoms with E-state index in [0.29, 0.717) is 0 Å². The fraction of sp³-hybridized carbons (Fsp3) is 0. The van der Waals surface area contributed by atoms with Crippen molar-refractivity contribution in [1.82, 2.24) is 0 Å². The van der Waals surface area contributed by atoms with Crippen molar-refractivity contribution in [2.75, 3.05) is 0 Å². The minimum atomic E-state index is -1.52. The quantitative estimate of drug-likeness (QED) is 0.354. The fourth-order valence-corrected chi connectivity index (χ4v) is 3.91. The van der Waals surface area contributed by atoms with Crippen LogP contribution in [-0.4, -0.2) is 11.9 Å². The molecular formula is C20H14Hg2O4. The second-order valence-corrected chi connectivity index (χ2v) is 11.4. The van der Waals surface area contributed by atoms with Gasteiger partial charge in [-0.05, 0) is 0 Å². The van der Waals surface area contributed by atoms with Gasteiger partial charge in [0.1, 0.15) is 0 Å². The van der Waals surface area contributed by atoms with Crippen molar-refractivity contribution in [2.24, 2.45) is 0 Å². The Labute approximate surface area is 184 Å². The summed E-state index contributed by atoms with van der Waals surface area (Å²) in [4.78, 5) is 20.6. The topological polar surface area (TPSA) is 80.3 Å². The van der Waals surface area contributed by atoms with E-state index in [1.807, 2.05) is 0 Å². The summed E-state index contributed by atoms with van der Waals surface area (Å²) in [5.41, 5.74) is -0.727. The van der Waals surface area contributed by atoms with Gasteiger partial charge in [-0.2, -0.15) is 0 Å². The van der Waals surface area contributed by atoms with Crippen LogP contribution in [0.15, 0.2) is 84.9 Å². The third-order valence-electron chi connectivity index (χ3n) is 3.05. The molecule has 3 rings (SSSR count). The molecule has 0 saturated heterocycles. The van der Waals surface area contributed by atoms with Crippen LogP contribution >= 0.6 is 0 Å². The molecule has 0 bridgehead atoms. The summed E-state index contributed by atoms with van der Waals surface area (Å²) >= 11 is 1.62. The van der Waals surface area contributed by atoms with Gasteiger partial charge in [0.2, 0.25) is 0 Å². The summed E-state index contributed by atoms with van der Waals surface area (Å²) < 4.78 is 3.03. The molecule has 0 aromatic heterocycles. The first-order chi connectivity index (χ1) is 12.4. The number of hydrogen-bond acceptors (Lipinski definition) is 4. The maximum absolute atomic E-state index is 10.3. The van der Waals surface area contributed by atoms with Gasteiger partial charge in [0, 0.05) is 11.1 Å². The van der Waals surface area contributed by atoms with Crippen molar-refractivity contribution in [2.45, 2.75) is 0 Å². The molecule has 122 valence electrons. The monoisotopic (exact) mass is 722 g/mol. The Morgan fingerprint density at radius 3 is 1.00 bits per heavy atom. The van der Waals surface area contributed by atoms with Crippen LogP contribution in [0.25, 0.3) is 0 Å². The molecule has 4 nitrogen and oxygen atoms in total. The fourth-order valence-electron chi connectivity index (χ4n) is 1.80. The predicted octanol–water partition coefficient (Wildman–Crippen LogP) is 0.131. The minimum absolute atomic E-state index is 0.363. The van der Waals surface area contributed by atoms with Gasteiger partial charge in [-0.3, -0.25) is 0 Å². The molecule has 0 radical (unpaired) electrons. The van der Waals surface area contributed by atoms with E-state index in [0.717, 1.165) is 64.4 Å². The molecule has 3 aromatic rings. The molecular weight excluding hydrogens is 705 g/mol. The van der Waals surface area contributed by atoms with Crippen molar-refractivity contribution in [3.05, 3.63) is 96.1 Å². The van der Waals surface area contributed by atoms with Crippen molar-refractivity contribution < 1.29 is 72.0 Å². The summed E-state index contributed by atoms with van der Waals surface area (Å²) in [5.74, 6) is -3.04. The molecule has 0 heterocycles. The molecule has 0 aliphatic heterocycles. The summed E-state index contributed by atoms with van der Waals surface area (Å²) in [6.07, 6.45) is 0. The number of carbonyl (C=O) groups is 2. The van der Waals surface area contributed by atoms with Gasteiger partial charge in [-0.1, -0.05) is 24.3 Å². The van der Waals surface area contributed by atoms with E-state index in [4.69, 9.17) is 0 Å². The molecule has 26 heavy (non-hydrogen) atoms. The van der Waals surface area contributed by atoms with Crippen LogP contribution in [0.4, 0.5) is 0 Å². The molecule has 0 fully saturated rings. The Morgan fingerprint density at radius 1 is 0.538 bits per heavy atom. The molecule has 3 aromatic carbocycles. The van der Waals surface area contributed by atoms with Crippen LogP contribution in [0.3, 0.4) is 0 Å². The average Bonchev–Trinajstić information content (AvgIpc) is 2.64. The van der Waals surface area contributed by atoms with E-state index in [1.54, 1.807) is 0 Å². The standard InChI is InChI=1S/C8H6O4.2C6H5.2Hg/c9-7(10)5-3-1-2-4-6(5)8(11)12;2*1-2-4-6-5-3-1;;/h1-4H,(H,9,10)(H,11,12);2*1-5H;;/q;;;2*+1/p-2. The Morgan fingerprint density at radius 2 is 0.808 bits per heavy atom. The summed E-state index contributed by atoms with van der Waals surface area (Å²) in [7, 11) is 0. The molecule has 0 aliphatic carbocycles. The average molecular weight is 720 g/mol. The molecule has 0 aliphatic rings. The zero-order chi connectivity index (χ0) is 19.4. The molecule has 0 spiro atoms. The van der Waals surface area contributed by atoms with E-state index in [2.05, 4.69) is 60.7 Å². The van der Waals surface area contributed by atoms with Gasteiger partial charge in [0.15, 0.2) is 0 Å². The van der Waals surface area contributed by atoms with Gasteiger partial charge < -0.3 is 19.8 Å². The van der Waals surface area contributed by atoms with Crippen LogP contribution in [0, 0.1) is 0 Å². The Bertz CT molecular complexity index is 751. The van der Waals surface area contributed by atoms with E-state index in [9.17, 15) is 19.8 Å². The van der Waals surface area contributed by atoms with Gasteiger partial charge in [0.05, 0.1) is 11.9 Å². The molecule has 6 heteroatoms. The van der Waals surface area contributed by atoms with Gasteiger partial charge in [-0.15, -0.1) is 0 Å². The maximum atomic E-state index is 10.3. The number of benzene rings is 3. The van der Waals surface area contributed by atoms with Gasteiger partial charge in [0.25, 0.3) is 0 Å². The Balaban J connectivity index is 0.000000207. The summed E-state index contributed by atoms with van der Waals surface area (Å²) in [6, 6.07) is 26.3. The number of rotatable bonds is 2. The third kappa shape index (κ3) is 9.25. The number of hydrogen-bond donors (Lipinski definition) is 0. The van der Waals surface area contributed by atoms with Crippen LogP contribution < -0.4 is 16.4 Å². The van der Waals surface area contributed by atoms with Gasteiger partial charge >= 0.3 is 119 Å². The van der Waals surface area contributed by atoms with Crippen LogP contribution in [0.2, 0.25) is 0 Å². The first kappa shape index (κ1) is 22.5. The van der Waals surface area contributed by atoms with E-state index < -0.39 is 11.9 Å². The summed E-state index contributed by atoms with van der Waals surface area (Å²) in [6.45, 7) is 0. The predicted molar refractivity (Wildman–Crippen MR) is 87.3 cm³/mol. The Kier molecular flexibility index (Phi) is 11.1. The number of carbonyl (C=O) groups excluding carboxylic acids is 2. The van der Waals surface area contributed by atoms with E-state index in [1.165, 1.54) is 18.3 Å². The zero-order valence-electron chi connectivity index (χ0n) is 14.1. The van der Waals surface area contributed by atoms with Crippen molar-refractivity contribution in [3.8, 4) is 0 Å². The molecule has 0 saturated carbocycles. The SMILES string of the molecule is O=C([O-])c1ccccc1C(=O)[O-].[Hg+][c]1ccccc1.[Hg+][c]1ccccc1. The molecule has 0 amide bonds. The van der Waals surface area contributed by atoms with Crippen molar-refractivity contribution in [3.63, 3.8) is 0 Å². The second-order valence-electron chi connectivity index (χ2n) is 5.09.